The topological polar surface area (TPSA) is 15.3 Å². The summed E-state index contributed by atoms with van der Waals surface area (Å²) < 4.78 is 0. The smallest absolute Gasteiger partial charge is 0.0309 e. The molecule has 1 saturated heterocycles. The minimum absolute atomic E-state index is 0.485. The molecule has 1 aliphatic heterocycles. The molecule has 2 heteroatoms. The Bertz CT molecular complexity index is 277. The van der Waals surface area contributed by atoms with E-state index < -0.39 is 0 Å². The fraction of sp³-hybridized carbons (Fsp3) is 1.00. The van der Waals surface area contributed by atoms with Gasteiger partial charge in [0.2, 0.25) is 0 Å². The van der Waals surface area contributed by atoms with E-state index in [4.69, 9.17) is 0 Å². The molecule has 3 fully saturated rings. The first-order valence-corrected chi connectivity index (χ1v) is 8.21. The molecule has 1 heterocycles. The molecule has 2 nitrogen and oxygen atoms in total. The zero-order valence-corrected chi connectivity index (χ0v) is 12.3. The SMILES string of the molecule is CC1CNC2(CCCC2)CN1C(C)C1CCCC1. The molecule has 18 heavy (non-hydrogen) atoms. The minimum atomic E-state index is 0.485. The van der Waals surface area contributed by atoms with Crippen LogP contribution in [0, 0.1) is 5.92 Å². The molecule has 0 aromatic rings. The molecule has 3 aliphatic rings. The molecule has 0 aromatic carbocycles. The first kappa shape index (κ1) is 12.9. The Labute approximate surface area is 113 Å². The van der Waals surface area contributed by atoms with Crippen LogP contribution < -0.4 is 5.32 Å². The summed E-state index contributed by atoms with van der Waals surface area (Å²) >= 11 is 0. The van der Waals surface area contributed by atoms with E-state index in [9.17, 15) is 0 Å². The van der Waals surface area contributed by atoms with Gasteiger partial charge < -0.3 is 5.32 Å². The van der Waals surface area contributed by atoms with Crippen molar-refractivity contribution in [3.63, 3.8) is 0 Å². The molecule has 2 unspecified atom stereocenters. The van der Waals surface area contributed by atoms with Crippen molar-refractivity contribution in [3.05, 3.63) is 0 Å². The number of hydrogen-bond donors (Lipinski definition) is 1. The summed E-state index contributed by atoms with van der Waals surface area (Å²) in [5.41, 5.74) is 0.485. The quantitative estimate of drug-likeness (QED) is 0.810. The van der Waals surface area contributed by atoms with E-state index in [2.05, 4.69) is 24.1 Å². The van der Waals surface area contributed by atoms with Crippen molar-refractivity contribution in [1.29, 1.82) is 0 Å². The molecule has 0 bridgehead atoms. The van der Waals surface area contributed by atoms with Crippen LogP contribution in [-0.2, 0) is 0 Å². The van der Waals surface area contributed by atoms with Gasteiger partial charge in [0.1, 0.15) is 0 Å². The fourth-order valence-corrected chi connectivity index (χ4v) is 4.69. The van der Waals surface area contributed by atoms with Crippen LogP contribution in [0.25, 0.3) is 0 Å². The standard InChI is InChI=1S/C16H30N2/c1-13-11-17-16(9-5-6-10-16)12-18(13)14(2)15-7-3-4-8-15/h13-15,17H,3-12H2,1-2H3. The lowest BCUT2D eigenvalue weighted by Crippen LogP contribution is -2.64. The monoisotopic (exact) mass is 250 g/mol. The van der Waals surface area contributed by atoms with Gasteiger partial charge in [-0.25, -0.2) is 0 Å². The molecular formula is C16H30N2. The zero-order chi connectivity index (χ0) is 12.6. The van der Waals surface area contributed by atoms with Crippen molar-refractivity contribution in [2.45, 2.75) is 82.8 Å². The second kappa shape index (κ2) is 5.13. The lowest BCUT2D eigenvalue weighted by molar-refractivity contribution is 0.0347. The van der Waals surface area contributed by atoms with Crippen LogP contribution in [0.4, 0.5) is 0 Å². The lowest BCUT2D eigenvalue weighted by atomic mass is 9.88. The molecule has 0 aromatic heterocycles. The summed E-state index contributed by atoms with van der Waals surface area (Å²) in [6.07, 6.45) is 11.6. The molecular weight excluding hydrogens is 220 g/mol. The largest absolute Gasteiger partial charge is 0.308 e. The van der Waals surface area contributed by atoms with Gasteiger partial charge in [-0.15, -0.1) is 0 Å². The number of piperazine rings is 1. The van der Waals surface area contributed by atoms with Crippen molar-refractivity contribution < 1.29 is 0 Å². The first-order valence-electron chi connectivity index (χ1n) is 8.21. The van der Waals surface area contributed by atoms with E-state index in [1.54, 1.807) is 0 Å². The number of nitrogens with one attached hydrogen (secondary N) is 1. The highest BCUT2D eigenvalue weighted by molar-refractivity contribution is 5.01. The van der Waals surface area contributed by atoms with Gasteiger partial charge in [0, 0.05) is 30.7 Å². The maximum atomic E-state index is 3.88. The molecule has 1 spiro atoms. The van der Waals surface area contributed by atoms with Gasteiger partial charge in [-0.05, 0) is 45.4 Å². The second-order valence-electron chi connectivity index (χ2n) is 7.17. The van der Waals surface area contributed by atoms with E-state index >= 15 is 0 Å². The summed E-state index contributed by atoms with van der Waals surface area (Å²) in [5.74, 6) is 0.976. The summed E-state index contributed by atoms with van der Waals surface area (Å²) in [5, 5.41) is 3.88. The number of hydrogen-bond acceptors (Lipinski definition) is 2. The molecule has 2 atom stereocenters. The summed E-state index contributed by atoms with van der Waals surface area (Å²) in [6.45, 7) is 7.43. The van der Waals surface area contributed by atoms with Crippen molar-refractivity contribution in [1.82, 2.24) is 10.2 Å². The number of rotatable bonds is 2. The summed E-state index contributed by atoms with van der Waals surface area (Å²) in [6, 6.07) is 1.54. The van der Waals surface area contributed by atoms with Crippen LogP contribution in [-0.4, -0.2) is 35.6 Å². The second-order valence-corrected chi connectivity index (χ2v) is 7.17. The lowest BCUT2D eigenvalue weighted by Gasteiger charge is -2.49. The van der Waals surface area contributed by atoms with Crippen LogP contribution >= 0.6 is 0 Å². The third-order valence-electron chi connectivity index (χ3n) is 5.99. The first-order chi connectivity index (χ1) is 8.70. The van der Waals surface area contributed by atoms with Crippen molar-refractivity contribution >= 4 is 0 Å². The highest BCUT2D eigenvalue weighted by Crippen LogP contribution is 2.37. The maximum absolute atomic E-state index is 3.88. The Morgan fingerprint density at radius 2 is 1.78 bits per heavy atom. The number of nitrogens with zero attached hydrogens (tertiary/aromatic N) is 1. The molecule has 3 rings (SSSR count). The highest BCUT2D eigenvalue weighted by atomic mass is 15.3. The van der Waals surface area contributed by atoms with E-state index in [0.717, 1.165) is 18.0 Å². The third kappa shape index (κ3) is 2.34. The van der Waals surface area contributed by atoms with Gasteiger partial charge in [-0.3, -0.25) is 4.90 Å². The molecule has 2 saturated carbocycles. The average Bonchev–Trinajstić information content (AvgIpc) is 3.04. The predicted molar refractivity (Wildman–Crippen MR) is 76.8 cm³/mol. The van der Waals surface area contributed by atoms with E-state index in [1.165, 1.54) is 64.5 Å². The minimum Gasteiger partial charge on any atom is -0.308 e. The van der Waals surface area contributed by atoms with Crippen LogP contribution in [0.5, 0.6) is 0 Å². The Morgan fingerprint density at radius 3 is 2.44 bits per heavy atom. The normalized spacial score (nSPS) is 35.3. The molecule has 0 amide bonds. The Balaban J connectivity index is 1.68. The van der Waals surface area contributed by atoms with E-state index in [-0.39, 0.29) is 0 Å². The Kier molecular flexibility index (Phi) is 3.68. The summed E-state index contributed by atoms with van der Waals surface area (Å²) in [4.78, 5) is 2.85. The maximum Gasteiger partial charge on any atom is 0.0309 e. The molecule has 2 aliphatic carbocycles. The van der Waals surface area contributed by atoms with Crippen molar-refractivity contribution in [2.75, 3.05) is 13.1 Å². The van der Waals surface area contributed by atoms with E-state index in [0.29, 0.717) is 5.54 Å². The summed E-state index contributed by atoms with van der Waals surface area (Å²) in [7, 11) is 0. The molecule has 1 N–H and O–H groups in total. The predicted octanol–water partition coefficient (Wildman–Crippen LogP) is 3.17. The Hall–Kier alpha value is -0.0800. The van der Waals surface area contributed by atoms with Crippen molar-refractivity contribution in [2.24, 2.45) is 5.92 Å². The molecule has 0 radical (unpaired) electrons. The van der Waals surface area contributed by atoms with E-state index in [1.807, 2.05) is 0 Å². The average molecular weight is 250 g/mol. The van der Waals surface area contributed by atoms with Gasteiger partial charge in [-0.2, -0.15) is 0 Å². The zero-order valence-electron chi connectivity index (χ0n) is 12.3. The van der Waals surface area contributed by atoms with Crippen molar-refractivity contribution in [3.8, 4) is 0 Å². The Morgan fingerprint density at radius 1 is 1.11 bits per heavy atom. The van der Waals surface area contributed by atoms with Crippen LogP contribution in [0.15, 0.2) is 0 Å². The fourth-order valence-electron chi connectivity index (χ4n) is 4.69. The van der Waals surface area contributed by atoms with Crippen LogP contribution in [0.2, 0.25) is 0 Å². The molecule has 104 valence electrons. The van der Waals surface area contributed by atoms with Gasteiger partial charge in [0.05, 0.1) is 0 Å². The van der Waals surface area contributed by atoms with Gasteiger partial charge in [0.15, 0.2) is 0 Å². The van der Waals surface area contributed by atoms with Crippen LogP contribution in [0.1, 0.15) is 65.2 Å². The van der Waals surface area contributed by atoms with Gasteiger partial charge in [-0.1, -0.05) is 25.7 Å². The van der Waals surface area contributed by atoms with Gasteiger partial charge in [0.25, 0.3) is 0 Å². The van der Waals surface area contributed by atoms with Gasteiger partial charge >= 0.3 is 0 Å². The highest BCUT2D eigenvalue weighted by Gasteiger charge is 2.42. The third-order valence-corrected chi connectivity index (χ3v) is 5.99. The van der Waals surface area contributed by atoms with Crippen LogP contribution in [0.3, 0.4) is 0 Å².